The van der Waals surface area contributed by atoms with Gasteiger partial charge in [-0.1, -0.05) is 0 Å². The molecule has 0 amide bonds. The quantitative estimate of drug-likeness (QED) is 0.889. The summed E-state index contributed by atoms with van der Waals surface area (Å²) in [4.78, 5) is 0. The molecule has 9 heteroatoms. The van der Waals surface area contributed by atoms with Gasteiger partial charge in [-0.05, 0) is 13.8 Å². The molecule has 0 radical (unpaired) electrons. The van der Waals surface area contributed by atoms with Gasteiger partial charge < -0.3 is 5.32 Å². The lowest BCUT2D eigenvalue weighted by Crippen LogP contribution is -2.06. The topological polar surface area (TPSA) is 47.7 Å². The summed E-state index contributed by atoms with van der Waals surface area (Å²) in [7, 11) is 0. The molecular weight excluding hydrogens is 307 g/mol. The summed E-state index contributed by atoms with van der Waals surface area (Å²) in [6, 6.07) is 0. The largest absolute Gasteiger partial charge is 0.378 e. The van der Waals surface area contributed by atoms with Crippen LogP contribution >= 0.6 is 12.4 Å². The summed E-state index contributed by atoms with van der Waals surface area (Å²) in [5, 5.41) is 10.8. The maximum atomic E-state index is 13.9. The molecule has 0 spiro atoms. The van der Waals surface area contributed by atoms with Crippen LogP contribution in [0.3, 0.4) is 0 Å². The first-order valence-electron chi connectivity index (χ1n) is 6.27. The van der Waals surface area contributed by atoms with Crippen LogP contribution in [-0.4, -0.2) is 26.0 Å². The molecule has 1 N–H and O–H groups in total. The predicted octanol–water partition coefficient (Wildman–Crippen LogP) is 2.85. The van der Waals surface area contributed by atoms with Gasteiger partial charge >= 0.3 is 0 Å². The van der Waals surface area contributed by atoms with Gasteiger partial charge in [0.15, 0.2) is 0 Å². The van der Waals surface area contributed by atoms with Crippen molar-refractivity contribution in [2.45, 2.75) is 39.9 Å². The van der Waals surface area contributed by atoms with Crippen molar-refractivity contribution in [1.29, 1.82) is 0 Å². The minimum atomic E-state index is -2.45. The van der Waals surface area contributed by atoms with Crippen LogP contribution in [-0.2, 0) is 19.6 Å². The molecule has 0 bridgehead atoms. The van der Waals surface area contributed by atoms with Crippen molar-refractivity contribution in [3.63, 3.8) is 0 Å². The van der Waals surface area contributed by atoms with E-state index in [-0.39, 0.29) is 24.9 Å². The fourth-order valence-electron chi connectivity index (χ4n) is 1.89. The van der Waals surface area contributed by atoms with E-state index < -0.39 is 13.0 Å². The van der Waals surface area contributed by atoms with Gasteiger partial charge in [0, 0.05) is 24.8 Å². The molecule has 2 rings (SSSR count). The Morgan fingerprint density at radius 1 is 1.38 bits per heavy atom. The molecule has 0 aliphatic rings. The highest BCUT2D eigenvalue weighted by Crippen LogP contribution is 2.15. The number of hydrogen-bond donors (Lipinski definition) is 1. The number of rotatable bonds is 6. The summed E-state index contributed by atoms with van der Waals surface area (Å²) in [6.07, 6.45) is 0.439. The van der Waals surface area contributed by atoms with E-state index in [1.807, 2.05) is 0 Å². The fourth-order valence-corrected chi connectivity index (χ4v) is 1.89. The van der Waals surface area contributed by atoms with Gasteiger partial charge in [0.25, 0.3) is 6.43 Å². The van der Waals surface area contributed by atoms with E-state index in [1.165, 1.54) is 17.1 Å². The SMILES string of the molecule is CCn1nc(C)c(CNc2cnn(CC(F)F)c2)c1F.Cl. The minimum Gasteiger partial charge on any atom is -0.378 e. The number of alkyl halides is 2. The van der Waals surface area contributed by atoms with Gasteiger partial charge in [-0.25, -0.2) is 13.5 Å². The Hall–Kier alpha value is -1.70. The Labute approximate surface area is 126 Å². The van der Waals surface area contributed by atoms with Crippen molar-refractivity contribution >= 4 is 18.1 Å². The average molecular weight is 324 g/mol. The zero-order valence-electron chi connectivity index (χ0n) is 11.7. The summed E-state index contributed by atoms with van der Waals surface area (Å²) >= 11 is 0. The van der Waals surface area contributed by atoms with Gasteiger partial charge in [-0.2, -0.15) is 14.6 Å². The van der Waals surface area contributed by atoms with Crippen LogP contribution < -0.4 is 5.32 Å². The van der Waals surface area contributed by atoms with E-state index in [0.717, 1.165) is 4.68 Å². The molecule has 21 heavy (non-hydrogen) atoms. The standard InChI is InChI=1S/C12H16F3N5.ClH/c1-3-20-12(15)10(8(2)18-20)5-16-9-4-17-19(6-9)7-11(13)14;/h4,6,11,16H,3,5,7H2,1-2H3;1H. The van der Waals surface area contributed by atoms with E-state index in [2.05, 4.69) is 15.5 Å². The average Bonchev–Trinajstić information content (AvgIpc) is 2.92. The lowest BCUT2D eigenvalue weighted by molar-refractivity contribution is 0.122. The molecule has 0 aliphatic heterocycles. The van der Waals surface area contributed by atoms with Crippen molar-refractivity contribution in [1.82, 2.24) is 19.6 Å². The molecule has 0 saturated carbocycles. The van der Waals surface area contributed by atoms with Crippen molar-refractivity contribution in [3.8, 4) is 0 Å². The van der Waals surface area contributed by atoms with Crippen LogP contribution in [0.25, 0.3) is 0 Å². The maximum Gasteiger partial charge on any atom is 0.257 e. The molecule has 2 aromatic heterocycles. The molecule has 0 saturated heterocycles. The van der Waals surface area contributed by atoms with Crippen LogP contribution in [0.15, 0.2) is 12.4 Å². The van der Waals surface area contributed by atoms with Crippen LogP contribution in [0.1, 0.15) is 18.2 Å². The molecule has 0 fully saturated rings. The second kappa shape index (κ2) is 7.35. The lowest BCUT2D eigenvalue weighted by atomic mass is 10.2. The summed E-state index contributed by atoms with van der Waals surface area (Å²) < 4.78 is 40.7. The number of nitrogens with one attached hydrogen (secondary N) is 1. The first-order chi connectivity index (χ1) is 9.51. The van der Waals surface area contributed by atoms with Gasteiger partial charge in [-0.3, -0.25) is 4.68 Å². The molecule has 0 atom stereocenters. The van der Waals surface area contributed by atoms with Crippen LogP contribution in [0.4, 0.5) is 18.9 Å². The van der Waals surface area contributed by atoms with E-state index in [1.54, 1.807) is 13.8 Å². The van der Waals surface area contributed by atoms with Gasteiger partial charge in [0.05, 0.1) is 17.6 Å². The Bertz CT molecular complexity index is 581. The third-order valence-electron chi connectivity index (χ3n) is 2.91. The van der Waals surface area contributed by atoms with Gasteiger partial charge in [-0.15, -0.1) is 12.4 Å². The lowest BCUT2D eigenvalue weighted by Gasteiger charge is -2.03. The van der Waals surface area contributed by atoms with Crippen LogP contribution in [0, 0.1) is 12.9 Å². The first-order valence-corrected chi connectivity index (χ1v) is 6.27. The smallest absolute Gasteiger partial charge is 0.257 e. The number of hydrogen-bond acceptors (Lipinski definition) is 3. The predicted molar refractivity (Wildman–Crippen MR) is 75.4 cm³/mol. The van der Waals surface area contributed by atoms with E-state index in [4.69, 9.17) is 0 Å². The number of aromatic nitrogens is 4. The van der Waals surface area contributed by atoms with Crippen molar-refractivity contribution in [3.05, 3.63) is 29.6 Å². The molecule has 2 heterocycles. The highest BCUT2D eigenvalue weighted by atomic mass is 35.5. The second-order valence-electron chi connectivity index (χ2n) is 4.37. The normalized spacial score (nSPS) is 10.8. The molecule has 0 aliphatic carbocycles. The molecule has 2 aromatic rings. The number of aryl methyl sites for hydroxylation is 2. The number of anilines is 1. The zero-order valence-corrected chi connectivity index (χ0v) is 12.5. The Morgan fingerprint density at radius 2 is 2.10 bits per heavy atom. The Balaban J connectivity index is 0.00000220. The highest BCUT2D eigenvalue weighted by Gasteiger charge is 2.14. The van der Waals surface area contributed by atoms with Gasteiger partial charge in [0.1, 0.15) is 6.54 Å². The maximum absolute atomic E-state index is 13.9. The summed E-state index contributed by atoms with van der Waals surface area (Å²) in [5.41, 5.74) is 1.64. The van der Waals surface area contributed by atoms with Gasteiger partial charge in [0.2, 0.25) is 5.95 Å². The van der Waals surface area contributed by atoms with Crippen molar-refractivity contribution < 1.29 is 13.2 Å². The van der Waals surface area contributed by atoms with E-state index in [0.29, 0.717) is 23.5 Å². The molecule has 0 aromatic carbocycles. The zero-order chi connectivity index (χ0) is 14.7. The fraction of sp³-hybridized carbons (Fsp3) is 0.500. The molecule has 5 nitrogen and oxygen atoms in total. The monoisotopic (exact) mass is 323 g/mol. The number of nitrogens with zero attached hydrogens (tertiary/aromatic N) is 4. The molecular formula is C12H17ClF3N5. The summed E-state index contributed by atoms with van der Waals surface area (Å²) in [5.74, 6) is -0.377. The van der Waals surface area contributed by atoms with E-state index >= 15 is 0 Å². The molecule has 0 unspecified atom stereocenters. The highest BCUT2D eigenvalue weighted by molar-refractivity contribution is 5.85. The third-order valence-corrected chi connectivity index (χ3v) is 2.91. The van der Waals surface area contributed by atoms with Crippen LogP contribution in [0.2, 0.25) is 0 Å². The first kappa shape index (κ1) is 17.4. The van der Waals surface area contributed by atoms with E-state index in [9.17, 15) is 13.2 Å². The van der Waals surface area contributed by atoms with Crippen molar-refractivity contribution in [2.75, 3.05) is 5.32 Å². The second-order valence-corrected chi connectivity index (χ2v) is 4.37. The third kappa shape index (κ3) is 4.13. The molecule has 118 valence electrons. The Morgan fingerprint density at radius 3 is 2.67 bits per heavy atom. The number of halogens is 4. The summed E-state index contributed by atoms with van der Waals surface area (Å²) in [6.45, 7) is 3.77. The van der Waals surface area contributed by atoms with Crippen LogP contribution in [0.5, 0.6) is 0 Å². The van der Waals surface area contributed by atoms with Crippen molar-refractivity contribution in [2.24, 2.45) is 0 Å². The minimum absolute atomic E-state index is 0. The Kier molecular flexibility index (Phi) is 6.07.